The fourth-order valence-electron chi connectivity index (χ4n) is 1.20. The van der Waals surface area contributed by atoms with Gasteiger partial charge < -0.3 is 5.32 Å². The van der Waals surface area contributed by atoms with E-state index in [1.165, 1.54) is 24.5 Å². The topological polar surface area (TPSA) is 67.8 Å². The average Bonchev–Trinajstić information content (AvgIpc) is 2.27. The van der Waals surface area contributed by atoms with Crippen molar-refractivity contribution >= 4 is 46.5 Å². The van der Waals surface area contributed by atoms with E-state index in [-0.39, 0.29) is 26.8 Å². The van der Waals surface area contributed by atoms with Gasteiger partial charge in [0.1, 0.15) is 11.0 Å². The molecule has 0 saturated heterocycles. The lowest BCUT2D eigenvalue weighted by Gasteiger charge is -2.05. The summed E-state index contributed by atoms with van der Waals surface area (Å²) in [6.45, 7) is 0. The van der Waals surface area contributed by atoms with E-state index in [1.54, 1.807) is 0 Å². The Morgan fingerprint density at radius 3 is 2.67 bits per heavy atom. The van der Waals surface area contributed by atoms with Gasteiger partial charge in [-0.2, -0.15) is 0 Å². The molecular weight excluding hydrogens is 298 g/mol. The smallest absolute Gasteiger partial charge is 0.258 e. The van der Waals surface area contributed by atoms with E-state index >= 15 is 0 Å². The molecule has 2 heterocycles. The van der Waals surface area contributed by atoms with Crippen molar-refractivity contribution in [3.05, 3.63) is 45.5 Å². The standard InChI is InChI=1S/C10H5Cl3N4O/c11-6-4-14-2-1-5(6)9(18)16-8-3-7(12)15-10(13)17-8/h1-4H,(H,15,16,17,18). The van der Waals surface area contributed by atoms with Gasteiger partial charge in [-0.25, -0.2) is 9.97 Å². The molecule has 0 atom stereocenters. The third-order valence-electron chi connectivity index (χ3n) is 1.93. The summed E-state index contributed by atoms with van der Waals surface area (Å²) >= 11 is 17.1. The van der Waals surface area contributed by atoms with Gasteiger partial charge in [0, 0.05) is 18.5 Å². The molecular formula is C10H5Cl3N4O. The number of pyridine rings is 1. The Kier molecular flexibility index (Phi) is 3.96. The van der Waals surface area contributed by atoms with Gasteiger partial charge in [-0.15, -0.1) is 0 Å². The molecule has 0 unspecified atom stereocenters. The van der Waals surface area contributed by atoms with Crippen molar-refractivity contribution in [2.24, 2.45) is 0 Å². The first kappa shape index (κ1) is 13.0. The summed E-state index contributed by atoms with van der Waals surface area (Å²) in [7, 11) is 0. The molecule has 5 nitrogen and oxygen atoms in total. The maximum Gasteiger partial charge on any atom is 0.258 e. The second kappa shape index (κ2) is 5.48. The molecule has 0 spiro atoms. The zero-order valence-corrected chi connectivity index (χ0v) is 11.0. The molecule has 0 aliphatic carbocycles. The second-order valence-corrected chi connectivity index (χ2v) is 4.29. The van der Waals surface area contributed by atoms with E-state index < -0.39 is 5.91 Å². The van der Waals surface area contributed by atoms with Crippen LogP contribution in [0.15, 0.2) is 24.5 Å². The predicted octanol–water partition coefficient (Wildman–Crippen LogP) is 3.08. The molecule has 1 amide bonds. The molecule has 0 saturated carbocycles. The number of rotatable bonds is 2. The number of amides is 1. The van der Waals surface area contributed by atoms with E-state index in [0.717, 1.165) is 0 Å². The number of carbonyl (C=O) groups is 1. The number of nitrogens with zero attached hydrogens (tertiary/aromatic N) is 3. The highest BCUT2D eigenvalue weighted by Gasteiger charge is 2.11. The van der Waals surface area contributed by atoms with E-state index in [0.29, 0.717) is 0 Å². The lowest BCUT2D eigenvalue weighted by atomic mass is 10.2. The summed E-state index contributed by atoms with van der Waals surface area (Å²) in [5.41, 5.74) is 0.275. The fraction of sp³-hybridized carbons (Fsp3) is 0. The summed E-state index contributed by atoms with van der Waals surface area (Å²) in [6.07, 6.45) is 2.83. The normalized spacial score (nSPS) is 10.2. The van der Waals surface area contributed by atoms with Crippen molar-refractivity contribution in [2.45, 2.75) is 0 Å². The molecule has 2 aromatic rings. The minimum absolute atomic E-state index is 0.0568. The Bertz CT molecular complexity index is 585. The first-order chi connectivity index (χ1) is 8.56. The predicted molar refractivity (Wildman–Crippen MR) is 69.3 cm³/mol. The van der Waals surface area contributed by atoms with Crippen LogP contribution in [0.5, 0.6) is 0 Å². The lowest BCUT2D eigenvalue weighted by Crippen LogP contribution is -2.13. The maximum absolute atomic E-state index is 11.9. The SMILES string of the molecule is O=C(Nc1cc(Cl)nc(Cl)n1)c1ccncc1Cl. The molecule has 8 heteroatoms. The largest absolute Gasteiger partial charge is 0.306 e. The van der Waals surface area contributed by atoms with Gasteiger partial charge in [-0.05, 0) is 17.7 Å². The van der Waals surface area contributed by atoms with Gasteiger partial charge in [0.05, 0.1) is 10.6 Å². The molecule has 1 N–H and O–H groups in total. The average molecular weight is 304 g/mol. The highest BCUT2D eigenvalue weighted by molar-refractivity contribution is 6.34. The summed E-state index contributed by atoms with van der Waals surface area (Å²) in [6, 6.07) is 2.86. The van der Waals surface area contributed by atoms with E-state index in [9.17, 15) is 4.79 Å². The van der Waals surface area contributed by atoms with Crippen molar-refractivity contribution in [1.82, 2.24) is 15.0 Å². The van der Waals surface area contributed by atoms with Crippen molar-refractivity contribution in [2.75, 3.05) is 5.32 Å². The molecule has 92 valence electrons. The summed E-state index contributed by atoms with van der Waals surface area (Å²) in [5.74, 6) is -0.244. The van der Waals surface area contributed by atoms with Crippen LogP contribution < -0.4 is 5.32 Å². The summed E-state index contributed by atoms with van der Waals surface area (Å²) in [5, 5.41) is 2.82. The Labute approximate surface area is 117 Å². The zero-order valence-electron chi connectivity index (χ0n) is 8.69. The number of halogens is 3. The Hall–Kier alpha value is -1.43. The number of aromatic nitrogens is 3. The zero-order chi connectivity index (χ0) is 13.1. The van der Waals surface area contributed by atoms with Gasteiger partial charge >= 0.3 is 0 Å². The van der Waals surface area contributed by atoms with Crippen LogP contribution in [0, 0.1) is 0 Å². The van der Waals surface area contributed by atoms with E-state index in [1.807, 2.05) is 0 Å². The van der Waals surface area contributed by atoms with Gasteiger partial charge in [0.15, 0.2) is 0 Å². The van der Waals surface area contributed by atoms with Crippen LogP contribution in [0.2, 0.25) is 15.5 Å². The van der Waals surface area contributed by atoms with Crippen LogP contribution in [0.3, 0.4) is 0 Å². The molecule has 0 fully saturated rings. The monoisotopic (exact) mass is 302 g/mol. The Morgan fingerprint density at radius 1 is 1.22 bits per heavy atom. The molecule has 2 aromatic heterocycles. The molecule has 0 bridgehead atoms. The summed E-state index contributed by atoms with van der Waals surface area (Å²) < 4.78 is 0. The molecule has 2 rings (SSSR count). The minimum atomic E-state index is -0.437. The van der Waals surface area contributed by atoms with Crippen LogP contribution in [-0.2, 0) is 0 Å². The van der Waals surface area contributed by atoms with Crippen LogP contribution >= 0.6 is 34.8 Å². The van der Waals surface area contributed by atoms with E-state index in [2.05, 4.69) is 20.3 Å². The number of nitrogens with one attached hydrogen (secondary N) is 1. The van der Waals surface area contributed by atoms with Crippen molar-refractivity contribution in [1.29, 1.82) is 0 Å². The first-order valence-corrected chi connectivity index (χ1v) is 5.80. The van der Waals surface area contributed by atoms with Crippen molar-refractivity contribution in [3.8, 4) is 0 Å². The number of hydrogen-bond acceptors (Lipinski definition) is 4. The second-order valence-electron chi connectivity index (χ2n) is 3.15. The number of anilines is 1. The highest BCUT2D eigenvalue weighted by Crippen LogP contribution is 2.18. The van der Waals surface area contributed by atoms with E-state index in [4.69, 9.17) is 34.8 Å². The van der Waals surface area contributed by atoms with Crippen LogP contribution in [-0.4, -0.2) is 20.9 Å². The number of carbonyl (C=O) groups excluding carboxylic acids is 1. The molecule has 0 aromatic carbocycles. The van der Waals surface area contributed by atoms with Gasteiger partial charge in [-0.1, -0.05) is 23.2 Å². The van der Waals surface area contributed by atoms with Crippen LogP contribution in [0.1, 0.15) is 10.4 Å². The van der Waals surface area contributed by atoms with Gasteiger partial charge in [0.25, 0.3) is 5.91 Å². The minimum Gasteiger partial charge on any atom is -0.306 e. The molecule has 0 radical (unpaired) electrons. The quantitative estimate of drug-likeness (QED) is 0.684. The molecule has 18 heavy (non-hydrogen) atoms. The van der Waals surface area contributed by atoms with Crippen LogP contribution in [0.25, 0.3) is 0 Å². The summed E-state index contributed by atoms with van der Waals surface area (Å²) in [4.78, 5) is 23.1. The Balaban J connectivity index is 2.24. The van der Waals surface area contributed by atoms with Crippen LogP contribution in [0.4, 0.5) is 5.82 Å². The third kappa shape index (κ3) is 3.07. The third-order valence-corrected chi connectivity index (χ3v) is 2.59. The lowest BCUT2D eigenvalue weighted by molar-refractivity contribution is 0.102. The maximum atomic E-state index is 11.9. The van der Waals surface area contributed by atoms with Crippen molar-refractivity contribution in [3.63, 3.8) is 0 Å². The fourth-order valence-corrected chi connectivity index (χ4v) is 1.81. The number of hydrogen-bond donors (Lipinski definition) is 1. The molecule has 0 aliphatic rings. The molecule has 0 aliphatic heterocycles. The Morgan fingerprint density at radius 2 is 2.00 bits per heavy atom. The first-order valence-electron chi connectivity index (χ1n) is 4.67. The van der Waals surface area contributed by atoms with Gasteiger partial charge in [-0.3, -0.25) is 9.78 Å². The highest BCUT2D eigenvalue weighted by atomic mass is 35.5. The van der Waals surface area contributed by atoms with Crippen molar-refractivity contribution < 1.29 is 4.79 Å². The van der Waals surface area contributed by atoms with Gasteiger partial charge in [0.2, 0.25) is 5.28 Å².